The molecule has 0 fully saturated rings. The maximum absolute atomic E-state index is 13.0. The van der Waals surface area contributed by atoms with Crippen LogP contribution in [0.3, 0.4) is 0 Å². The van der Waals surface area contributed by atoms with Gasteiger partial charge in [-0.2, -0.15) is 26.3 Å². The van der Waals surface area contributed by atoms with Crippen LogP contribution in [0.5, 0.6) is 0 Å². The number of benzene rings is 2. The zero-order valence-electron chi connectivity index (χ0n) is 32.6. The van der Waals surface area contributed by atoms with Gasteiger partial charge < -0.3 is 38.0 Å². The summed E-state index contributed by atoms with van der Waals surface area (Å²) in [4.78, 5) is 15.1. The summed E-state index contributed by atoms with van der Waals surface area (Å²) >= 11 is 0. The summed E-state index contributed by atoms with van der Waals surface area (Å²) in [5, 5.41) is 25.3. The van der Waals surface area contributed by atoms with Crippen LogP contribution in [0.2, 0.25) is 0 Å². The average molecular weight is 790 g/mol. The third-order valence-corrected chi connectivity index (χ3v) is 8.16. The first kappa shape index (κ1) is 54.3. The van der Waals surface area contributed by atoms with Crippen LogP contribution in [-0.4, -0.2) is 103 Å². The molecular weight excluding hydrogens is 736 g/mol. The fourth-order valence-corrected chi connectivity index (χ4v) is 5.14. The van der Waals surface area contributed by atoms with Crippen molar-refractivity contribution in [1.82, 2.24) is 20.4 Å². The van der Waals surface area contributed by atoms with Crippen molar-refractivity contribution in [1.29, 1.82) is 5.26 Å². The van der Waals surface area contributed by atoms with Gasteiger partial charge in [0.1, 0.15) is 6.29 Å². The SMILES string of the molecule is CCCCN(CCC)CCNCc1ccc(C2(C(F)(F)F)N=N2)cc1.CCCN(CCN)CCNC.O=Cc1ccc(C2(C(F)(F)F)N=N2)cc1.[B].[C-]#N.[Na+]. The second-order valence-electron chi connectivity index (χ2n) is 12.3. The third-order valence-electron chi connectivity index (χ3n) is 8.16. The van der Waals surface area contributed by atoms with Crippen LogP contribution in [0.4, 0.5) is 26.3 Å². The Balaban J connectivity index is 0. The molecule has 4 rings (SSSR count). The molecule has 0 saturated heterocycles. The monoisotopic (exact) mass is 789 g/mol. The van der Waals surface area contributed by atoms with E-state index in [0.29, 0.717) is 18.4 Å². The van der Waals surface area contributed by atoms with Crippen LogP contribution in [0.1, 0.15) is 73.5 Å². The van der Waals surface area contributed by atoms with E-state index in [1.807, 2.05) is 7.05 Å². The fourth-order valence-electron chi connectivity index (χ4n) is 5.14. The van der Waals surface area contributed by atoms with Gasteiger partial charge in [0, 0.05) is 70.9 Å². The summed E-state index contributed by atoms with van der Waals surface area (Å²) in [6.45, 7) is 21.2. The maximum atomic E-state index is 13.0. The van der Waals surface area contributed by atoms with Crippen molar-refractivity contribution >= 4 is 14.7 Å². The van der Waals surface area contributed by atoms with E-state index in [9.17, 15) is 31.1 Å². The number of aldehydes is 1. The Morgan fingerprint density at radius 2 is 1.16 bits per heavy atom. The number of nitrogens with zero attached hydrogens (tertiary/aromatic N) is 7. The molecule has 19 heteroatoms. The zero-order chi connectivity index (χ0) is 40.0. The Bertz CT molecular complexity index is 1380. The number of nitrogens with two attached hydrogens (primary N) is 1. The normalized spacial score (nSPS) is 14.2. The van der Waals surface area contributed by atoms with E-state index < -0.39 is 23.7 Å². The molecule has 0 spiro atoms. The van der Waals surface area contributed by atoms with E-state index in [1.165, 1.54) is 62.2 Å². The topological polar surface area (TPSA) is 147 Å². The zero-order valence-corrected chi connectivity index (χ0v) is 34.6. The Labute approximate surface area is 345 Å². The van der Waals surface area contributed by atoms with Crippen LogP contribution in [0.15, 0.2) is 69.0 Å². The van der Waals surface area contributed by atoms with Crippen LogP contribution in [0.25, 0.3) is 0 Å². The van der Waals surface area contributed by atoms with Gasteiger partial charge in [-0.1, -0.05) is 75.7 Å². The van der Waals surface area contributed by atoms with E-state index in [2.05, 4.69) is 61.7 Å². The molecule has 0 amide bonds. The molecule has 11 nitrogen and oxygen atoms in total. The number of carbonyl (C=O) groups is 1. The van der Waals surface area contributed by atoms with Gasteiger partial charge in [0.05, 0.1) is 0 Å². The molecule has 0 atom stereocenters. The Kier molecular flexibility index (Phi) is 27.4. The fraction of sp³-hybridized carbons (Fsp3) is 0.611. The second-order valence-corrected chi connectivity index (χ2v) is 12.3. The van der Waals surface area contributed by atoms with Gasteiger partial charge in [0.2, 0.25) is 0 Å². The third kappa shape index (κ3) is 17.9. The number of unbranched alkanes of at least 4 members (excludes halogenated alkanes) is 1. The van der Waals surface area contributed by atoms with E-state index in [0.717, 1.165) is 64.3 Å². The molecule has 0 bridgehead atoms. The standard InChI is InChI=1S/C18H27F3N4.C9H5F3N2O.C8H21N3.CN.B.Na/c1-3-5-12-25(11-4-2)13-10-22-14-15-6-8-16(9-7-15)17(23-24-17)18(19,20)21;10-9(11,12)8(13-14-8)7-3-1-6(5-15)2-4-7;1-3-6-11(7-4-9)8-5-10-2;1-2;;/h6-9,22H,3-5,10-14H2,1-2H3;1-5H;10H,3-9H2,1-2H3;;;/q;;;-1;;+1. The second kappa shape index (κ2) is 27.8. The summed E-state index contributed by atoms with van der Waals surface area (Å²) in [5.74, 6) is 0. The van der Waals surface area contributed by atoms with Crippen LogP contribution < -0.4 is 45.9 Å². The Hall–Kier alpha value is -2.76. The van der Waals surface area contributed by atoms with Crippen molar-refractivity contribution in [3.8, 4) is 0 Å². The maximum Gasteiger partial charge on any atom is 1.00 e. The quantitative estimate of drug-likeness (QED) is 0.0610. The minimum atomic E-state index is -4.52. The van der Waals surface area contributed by atoms with E-state index in [1.54, 1.807) is 12.1 Å². The molecule has 0 aromatic heterocycles. The van der Waals surface area contributed by atoms with Crippen LogP contribution in [-0.2, 0) is 17.9 Å². The van der Waals surface area contributed by atoms with Crippen molar-refractivity contribution < 1.29 is 60.7 Å². The summed E-state index contributed by atoms with van der Waals surface area (Å²) < 4.78 is 76.4. The summed E-state index contributed by atoms with van der Waals surface area (Å²) in [6.07, 6.45) is -3.67. The number of likely N-dealkylation sites (N-methyl/N-ethyl adjacent to an activating group) is 1. The van der Waals surface area contributed by atoms with Gasteiger partial charge in [-0.3, -0.25) is 4.79 Å². The first-order valence-electron chi connectivity index (χ1n) is 17.7. The van der Waals surface area contributed by atoms with Gasteiger partial charge in [-0.25, -0.2) is 0 Å². The van der Waals surface area contributed by atoms with Crippen molar-refractivity contribution in [2.45, 2.75) is 76.7 Å². The minimum absolute atomic E-state index is 0. The molecule has 0 aliphatic carbocycles. The first-order chi connectivity index (χ1) is 25.3. The average Bonchev–Trinajstić information content (AvgIpc) is 4.07. The smallest absolute Gasteiger partial charge is 0.512 e. The molecule has 0 saturated carbocycles. The molecule has 2 aliphatic heterocycles. The van der Waals surface area contributed by atoms with Gasteiger partial charge in [0.15, 0.2) is 0 Å². The Morgan fingerprint density at radius 3 is 1.53 bits per heavy atom. The van der Waals surface area contributed by atoms with Gasteiger partial charge in [-0.05, 0) is 51.5 Å². The van der Waals surface area contributed by atoms with E-state index >= 15 is 0 Å². The Morgan fingerprint density at radius 1 is 0.727 bits per heavy atom. The molecule has 0 unspecified atom stereocenters. The van der Waals surface area contributed by atoms with Crippen molar-refractivity contribution in [3.05, 3.63) is 77.4 Å². The largest absolute Gasteiger partial charge is 1.00 e. The van der Waals surface area contributed by atoms with Gasteiger partial charge in [-0.15, -0.1) is 20.5 Å². The van der Waals surface area contributed by atoms with E-state index in [-0.39, 0.29) is 49.1 Å². The number of halogens is 6. The van der Waals surface area contributed by atoms with E-state index in [4.69, 9.17) is 17.6 Å². The molecule has 2 aromatic carbocycles. The van der Waals surface area contributed by atoms with Crippen molar-refractivity contribution in [3.63, 3.8) is 0 Å². The number of rotatable bonds is 20. The predicted molar refractivity (Wildman–Crippen MR) is 197 cm³/mol. The molecule has 4 N–H and O–H groups in total. The number of hydrogen-bond acceptors (Lipinski definition) is 11. The molecule has 2 aromatic rings. The molecule has 3 radical (unpaired) electrons. The molecule has 2 heterocycles. The molecule has 2 aliphatic rings. The van der Waals surface area contributed by atoms with Crippen molar-refractivity contribution in [2.75, 3.05) is 66.0 Å². The summed E-state index contributed by atoms with van der Waals surface area (Å²) in [5.41, 5.74) is 2.04. The number of alkyl halides is 6. The summed E-state index contributed by atoms with van der Waals surface area (Å²) in [7, 11) is 1.98. The van der Waals surface area contributed by atoms with Gasteiger partial charge in [0.25, 0.3) is 0 Å². The number of nitrogens with one attached hydrogen (secondary N) is 2. The van der Waals surface area contributed by atoms with Gasteiger partial charge >= 0.3 is 53.2 Å². The first-order valence-corrected chi connectivity index (χ1v) is 17.7. The molecular formula is C36H53BF6N10NaO. The van der Waals surface area contributed by atoms with Crippen molar-refractivity contribution in [2.24, 2.45) is 26.2 Å². The molecule has 299 valence electrons. The number of hydrogen-bond donors (Lipinski definition) is 3. The molecule has 55 heavy (non-hydrogen) atoms. The van der Waals surface area contributed by atoms with Crippen LogP contribution in [0, 0.1) is 11.8 Å². The summed E-state index contributed by atoms with van der Waals surface area (Å²) in [6, 6.07) is 11.4. The minimum Gasteiger partial charge on any atom is -0.512 e. The number of carbonyl (C=O) groups excluding carboxylic acids is 1. The predicted octanol–water partition coefficient (Wildman–Crippen LogP) is 3.75. The van der Waals surface area contributed by atoms with Crippen LogP contribution >= 0.6 is 0 Å².